The fourth-order valence-electron chi connectivity index (χ4n) is 3.72. The molecule has 0 saturated carbocycles. The quantitative estimate of drug-likeness (QED) is 0.401. The number of hydrogen-bond donors (Lipinski definition) is 0. The average Bonchev–Trinajstić information content (AvgIpc) is 3.30. The summed E-state index contributed by atoms with van der Waals surface area (Å²) >= 11 is 0. The minimum Gasteiger partial charge on any atom is -0.497 e. The van der Waals surface area contributed by atoms with Crippen LogP contribution >= 0.6 is 0 Å². The maximum absolute atomic E-state index is 13.1. The Morgan fingerprint density at radius 1 is 0.871 bits per heavy atom. The first-order chi connectivity index (χ1) is 15.2. The van der Waals surface area contributed by atoms with Crippen LogP contribution in [0.4, 0.5) is 0 Å². The Morgan fingerprint density at radius 3 is 2.35 bits per heavy atom. The zero-order valence-corrected chi connectivity index (χ0v) is 17.0. The van der Waals surface area contributed by atoms with E-state index >= 15 is 0 Å². The summed E-state index contributed by atoms with van der Waals surface area (Å²) in [5.41, 5.74) is 2.36. The molecular weight excluding hydrogens is 394 g/mol. The molecule has 0 radical (unpaired) electrons. The Balaban J connectivity index is 1.62. The molecule has 0 spiro atoms. The predicted molar refractivity (Wildman–Crippen MR) is 118 cm³/mol. The van der Waals surface area contributed by atoms with Gasteiger partial charge in [-0.2, -0.15) is 4.98 Å². The number of pyridine rings is 1. The van der Waals surface area contributed by atoms with Crippen LogP contribution in [0.25, 0.3) is 33.2 Å². The maximum Gasteiger partial charge on any atom is 0.246 e. The van der Waals surface area contributed by atoms with Crippen LogP contribution in [0.15, 0.2) is 76.0 Å². The summed E-state index contributed by atoms with van der Waals surface area (Å²) in [4.78, 5) is 17.6. The minimum atomic E-state index is -0.0369. The van der Waals surface area contributed by atoms with Gasteiger partial charge in [-0.05, 0) is 54.6 Å². The summed E-state index contributed by atoms with van der Waals surface area (Å²) in [6.07, 6.45) is 0. The van der Waals surface area contributed by atoms with E-state index in [1.165, 1.54) is 0 Å². The van der Waals surface area contributed by atoms with Crippen molar-refractivity contribution in [3.05, 3.63) is 82.8 Å². The van der Waals surface area contributed by atoms with Gasteiger partial charge in [-0.3, -0.25) is 4.79 Å². The van der Waals surface area contributed by atoms with Crippen LogP contribution in [-0.4, -0.2) is 28.9 Å². The second kappa shape index (κ2) is 7.60. The molecule has 0 unspecified atom stereocenters. The molecule has 0 aliphatic heterocycles. The summed E-state index contributed by atoms with van der Waals surface area (Å²) < 4.78 is 18.1. The zero-order chi connectivity index (χ0) is 21.4. The Labute approximate surface area is 177 Å². The van der Waals surface area contributed by atoms with E-state index in [0.717, 1.165) is 22.3 Å². The highest BCUT2D eigenvalue weighted by Crippen LogP contribution is 2.25. The maximum atomic E-state index is 13.1. The standard InChI is InChI=1S/C24H19N3O4/c1-29-16-9-7-15(8-10-16)24-25-22(31-26-24)14-27-20-6-4-3-5-18(20)23(28)19-13-17(30-2)11-12-21(19)27/h3-13H,14H2,1-2H3. The van der Waals surface area contributed by atoms with Crippen molar-refractivity contribution in [2.45, 2.75) is 6.54 Å². The largest absolute Gasteiger partial charge is 0.497 e. The molecule has 0 amide bonds. The first kappa shape index (κ1) is 18.9. The Kier molecular flexibility index (Phi) is 4.63. The van der Waals surface area contributed by atoms with Crippen molar-refractivity contribution in [3.63, 3.8) is 0 Å². The van der Waals surface area contributed by atoms with Crippen molar-refractivity contribution < 1.29 is 14.0 Å². The van der Waals surface area contributed by atoms with Gasteiger partial charge in [-0.1, -0.05) is 17.3 Å². The van der Waals surface area contributed by atoms with E-state index in [0.29, 0.717) is 34.8 Å². The zero-order valence-electron chi connectivity index (χ0n) is 17.0. The fourth-order valence-corrected chi connectivity index (χ4v) is 3.72. The Bertz CT molecular complexity index is 1450. The van der Waals surface area contributed by atoms with E-state index in [-0.39, 0.29) is 5.43 Å². The number of methoxy groups -OCH3 is 2. The third-order valence-electron chi connectivity index (χ3n) is 5.29. The highest BCUT2D eigenvalue weighted by molar-refractivity contribution is 5.94. The van der Waals surface area contributed by atoms with E-state index in [4.69, 9.17) is 14.0 Å². The number of benzene rings is 3. The van der Waals surface area contributed by atoms with Gasteiger partial charge in [0.1, 0.15) is 18.0 Å². The molecular formula is C24H19N3O4. The van der Waals surface area contributed by atoms with Crippen molar-refractivity contribution in [1.82, 2.24) is 14.7 Å². The molecule has 0 saturated heterocycles. The van der Waals surface area contributed by atoms with E-state index in [1.54, 1.807) is 20.3 Å². The fraction of sp³-hybridized carbons (Fsp3) is 0.125. The molecule has 154 valence electrons. The topological polar surface area (TPSA) is 79.4 Å². The van der Waals surface area contributed by atoms with Crippen LogP contribution in [0, 0.1) is 0 Å². The van der Waals surface area contributed by atoms with Gasteiger partial charge >= 0.3 is 0 Å². The number of nitrogens with zero attached hydrogens (tertiary/aromatic N) is 3. The number of rotatable bonds is 5. The monoisotopic (exact) mass is 413 g/mol. The highest BCUT2D eigenvalue weighted by atomic mass is 16.5. The number of ether oxygens (including phenoxy) is 2. The summed E-state index contributed by atoms with van der Waals surface area (Å²) in [6.45, 7) is 0.326. The lowest BCUT2D eigenvalue weighted by Crippen LogP contribution is -2.12. The molecule has 0 aliphatic rings. The summed E-state index contributed by atoms with van der Waals surface area (Å²) in [5.74, 6) is 2.32. The van der Waals surface area contributed by atoms with Gasteiger partial charge in [-0.15, -0.1) is 0 Å². The Hall–Kier alpha value is -4.13. The molecule has 0 atom stereocenters. The van der Waals surface area contributed by atoms with Gasteiger partial charge in [0.25, 0.3) is 0 Å². The summed E-state index contributed by atoms with van der Waals surface area (Å²) in [6, 6.07) is 20.4. The average molecular weight is 413 g/mol. The van der Waals surface area contributed by atoms with Crippen LogP contribution < -0.4 is 14.9 Å². The number of aromatic nitrogens is 3. The van der Waals surface area contributed by atoms with Crippen LogP contribution in [0.5, 0.6) is 11.5 Å². The molecule has 2 aromatic heterocycles. The lowest BCUT2D eigenvalue weighted by Gasteiger charge is -2.14. The molecule has 2 heterocycles. The lowest BCUT2D eigenvalue weighted by molar-refractivity contribution is 0.374. The normalized spacial score (nSPS) is 11.2. The SMILES string of the molecule is COc1ccc(-c2noc(Cn3c4ccccc4c(=O)c4cc(OC)ccc43)n2)cc1. The number of hydrogen-bond acceptors (Lipinski definition) is 6. The summed E-state index contributed by atoms with van der Waals surface area (Å²) in [7, 11) is 3.20. The second-order valence-electron chi connectivity index (χ2n) is 7.06. The van der Waals surface area contributed by atoms with Gasteiger partial charge in [-0.25, -0.2) is 0 Å². The van der Waals surface area contributed by atoms with Crippen molar-refractivity contribution in [3.8, 4) is 22.9 Å². The molecule has 5 aromatic rings. The molecule has 0 bridgehead atoms. The molecule has 7 heteroatoms. The van der Waals surface area contributed by atoms with Gasteiger partial charge in [0.2, 0.25) is 11.7 Å². The molecule has 3 aromatic carbocycles. The summed E-state index contributed by atoms with van der Waals surface area (Å²) in [5, 5.41) is 5.32. The van der Waals surface area contributed by atoms with Crippen LogP contribution in [0.2, 0.25) is 0 Å². The van der Waals surface area contributed by atoms with E-state index in [9.17, 15) is 4.79 Å². The van der Waals surface area contributed by atoms with Crippen molar-refractivity contribution in [2.75, 3.05) is 14.2 Å². The van der Waals surface area contributed by atoms with Crippen LogP contribution in [0.1, 0.15) is 5.89 Å². The van der Waals surface area contributed by atoms with Crippen molar-refractivity contribution in [2.24, 2.45) is 0 Å². The number of fused-ring (bicyclic) bond motifs is 2. The third-order valence-corrected chi connectivity index (χ3v) is 5.29. The smallest absolute Gasteiger partial charge is 0.246 e. The van der Waals surface area contributed by atoms with Gasteiger partial charge in [0, 0.05) is 16.3 Å². The van der Waals surface area contributed by atoms with Crippen molar-refractivity contribution >= 4 is 21.8 Å². The van der Waals surface area contributed by atoms with Gasteiger partial charge < -0.3 is 18.6 Å². The van der Waals surface area contributed by atoms with Crippen LogP contribution in [0.3, 0.4) is 0 Å². The van der Waals surface area contributed by atoms with E-state index < -0.39 is 0 Å². The van der Waals surface area contributed by atoms with E-state index in [2.05, 4.69) is 10.1 Å². The first-order valence-electron chi connectivity index (χ1n) is 9.74. The van der Waals surface area contributed by atoms with Gasteiger partial charge in [0.05, 0.1) is 25.3 Å². The molecule has 0 fully saturated rings. The van der Waals surface area contributed by atoms with Crippen molar-refractivity contribution in [1.29, 1.82) is 0 Å². The van der Waals surface area contributed by atoms with Gasteiger partial charge in [0.15, 0.2) is 5.43 Å². The number of para-hydroxylation sites is 1. The molecule has 5 rings (SSSR count). The third kappa shape index (κ3) is 3.30. The molecule has 0 aliphatic carbocycles. The molecule has 31 heavy (non-hydrogen) atoms. The predicted octanol–water partition coefficient (Wildman–Crippen LogP) is 4.27. The lowest BCUT2D eigenvalue weighted by atomic mass is 10.1. The Morgan fingerprint density at radius 2 is 1.58 bits per heavy atom. The minimum absolute atomic E-state index is 0.0369. The molecule has 7 nitrogen and oxygen atoms in total. The second-order valence-corrected chi connectivity index (χ2v) is 7.06. The van der Waals surface area contributed by atoms with Crippen LogP contribution in [-0.2, 0) is 6.54 Å². The van der Waals surface area contributed by atoms with E-state index in [1.807, 2.05) is 65.2 Å². The highest BCUT2D eigenvalue weighted by Gasteiger charge is 2.15. The first-order valence-corrected chi connectivity index (χ1v) is 9.74. The molecule has 0 N–H and O–H groups in total.